The molecular weight excluding hydrogens is 314 g/mol. The molecule has 1 aromatic rings. The molecule has 0 radical (unpaired) electrons. The maximum atomic E-state index is 12.1. The number of nitrogens with two attached hydrogens (primary N) is 1. The largest absolute Gasteiger partial charge is 0.387 e. The minimum absolute atomic E-state index is 0.0607. The highest BCUT2D eigenvalue weighted by Crippen LogP contribution is 2.21. The summed E-state index contributed by atoms with van der Waals surface area (Å²) in [7, 11) is 0. The molecule has 140 valence electrons. The Kier molecular flexibility index (Phi) is 6.99. The summed E-state index contributed by atoms with van der Waals surface area (Å²) in [5, 5.41) is 13.3. The van der Waals surface area contributed by atoms with E-state index in [2.05, 4.69) is 10.2 Å². The number of rotatable bonds is 6. The minimum atomic E-state index is -0.478. The van der Waals surface area contributed by atoms with Crippen LogP contribution in [-0.2, 0) is 4.79 Å². The predicted molar refractivity (Wildman–Crippen MR) is 101 cm³/mol. The number of likely N-dealkylation sites (tertiary alicyclic amines) is 1. The van der Waals surface area contributed by atoms with E-state index < -0.39 is 12.1 Å². The van der Waals surface area contributed by atoms with Crippen molar-refractivity contribution in [1.29, 1.82) is 0 Å². The van der Waals surface area contributed by atoms with E-state index in [9.17, 15) is 9.90 Å². The van der Waals surface area contributed by atoms with Crippen molar-refractivity contribution in [2.24, 2.45) is 17.1 Å². The highest BCUT2D eigenvalue weighted by Gasteiger charge is 2.28. The van der Waals surface area contributed by atoms with Crippen LogP contribution in [0.3, 0.4) is 0 Å². The highest BCUT2D eigenvalue weighted by molar-refractivity contribution is 5.82. The van der Waals surface area contributed by atoms with Crippen molar-refractivity contribution in [3.05, 3.63) is 35.9 Å². The number of β-amino-alcohol motifs (C(OH)–C–C–N with tert-alkyl or cyclic N) is 1. The lowest BCUT2D eigenvalue weighted by Gasteiger charge is -2.34. The number of carbonyl (C=O) groups is 1. The van der Waals surface area contributed by atoms with E-state index in [1.165, 1.54) is 0 Å². The van der Waals surface area contributed by atoms with Crippen molar-refractivity contribution in [2.45, 2.75) is 45.8 Å². The molecule has 1 aromatic carbocycles. The minimum Gasteiger partial charge on any atom is -0.387 e. The zero-order valence-electron chi connectivity index (χ0n) is 15.7. The van der Waals surface area contributed by atoms with Crippen LogP contribution in [0, 0.1) is 11.3 Å². The molecule has 0 bridgehead atoms. The molecule has 25 heavy (non-hydrogen) atoms. The number of piperidine rings is 1. The van der Waals surface area contributed by atoms with Crippen LogP contribution in [0.4, 0.5) is 0 Å². The van der Waals surface area contributed by atoms with Gasteiger partial charge in [-0.2, -0.15) is 0 Å². The number of aliphatic hydroxyl groups excluding tert-OH is 1. The van der Waals surface area contributed by atoms with E-state index in [0.29, 0.717) is 19.0 Å². The number of hydrogen-bond donors (Lipinski definition) is 3. The smallest absolute Gasteiger partial charge is 0.237 e. The average molecular weight is 348 g/mol. The first-order valence-corrected chi connectivity index (χ1v) is 9.26. The maximum absolute atomic E-state index is 12.1. The Labute approximate surface area is 151 Å². The molecule has 1 fully saturated rings. The fourth-order valence-corrected chi connectivity index (χ4v) is 3.15. The first kappa shape index (κ1) is 19.9. The van der Waals surface area contributed by atoms with Gasteiger partial charge in [0.2, 0.25) is 5.91 Å². The third-order valence-electron chi connectivity index (χ3n) is 5.10. The third-order valence-corrected chi connectivity index (χ3v) is 5.10. The Morgan fingerprint density at radius 2 is 1.88 bits per heavy atom. The Bertz CT molecular complexity index is 534. The zero-order valence-corrected chi connectivity index (χ0v) is 15.7. The zero-order chi connectivity index (χ0) is 18.4. The summed E-state index contributed by atoms with van der Waals surface area (Å²) in [6.07, 6.45) is 1.63. The molecule has 2 rings (SSSR count). The van der Waals surface area contributed by atoms with Crippen LogP contribution >= 0.6 is 0 Å². The van der Waals surface area contributed by atoms with Crippen LogP contribution in [0.15, 0.2) is 30.3 Å². The quantitative estimate of drug-likeness (QED) is 0.735. The summed E-state index contributed by atoms with van der Waals surface area (Å²) >= 11 is 0. The van der Waals surface area contributed by atoms with Crippen LogP contribution < -0.4 is 11.1 Å². The number of nitrogens with one attached hydrogen (secondary N) is 1. The van der Waals surface area contributed by atoms with E-state index >= 15 is 0 Å². The second-order valence-electron chi connectivity index (χ2n) is 8.26. The van der Waals surface area contributed by atoms with Gasteiger partial charge >= 0.3 is 0 Å². The summed E-state index contributed by atoms with van der Waals surface area (Å²) in [6, 6.07) is 9.32. The molecule has 5 heteroatoms. The summed E-state index contributed by atoms with van der Waals surface area (Å²) in [5.41, 5.74) is 6.74. The Morgan fingerprint density at radius 1 is 1.28 bits per heavy atom. The molecule has 1 amide bonds. The molecule has 1 aliphatic rings. The van der Waals surface area contributed by atoms with Crippen molar-refractivity contribution in [2.75, 3.05) is 26.2 Å². The molecule has 1 aliphatic heterocycles. The van der Waals surface area contributed by atoms with Gasteiger partial charge in [-0.25, -0.2) is 0 Å². The lowest BCUT2D eigenvalue weighted by Crippen LogP contribution is -2.50. The van der Waals surface area contributed by atoms with Gasteiger partial charge < -0.3 is 21.1 Å². The van der Waals surface area contributed by atoms with Crippen LogP contribution in [0.25, 0.3) is 0 Å². The van der Waals surface area contributed by atoms with Gasteiger partial charge in [0, 0.05) is 13.1 Å². The van der Waals surface area contributed by atoms with Gasteiger partial charge in [0.1, 0.15) is 0 Å². The van der Waals surface area contributed by atoms with Gasteiger partial charge in [-0.05, 0) is 42.8 Å². The number of amides is 1. The summed E-state index contributed by atoms with van der Waals surface area (Å²) < 4.78 is 0. The molecule has 5 nitrogen and oxygen atoms in total. The number of carbonyl (C=O) groups excluding carboxylic acids is 1. The monoisotopic (exact) mass is 347 g/mol. The summed E-state index contributed by atoms with van der Waals surface area (Å²) in [4.78, 5) is 14.4. The van der Waals surface area contributed by atoms with Gasteiger partial charge in [-0.3, -0.25) is 4.79 Å². The fraction of sp³-hybridized carbons (Fsp3) is 0.650. The van der Waals surface area contributed by atoms with E-state index in [0.717, 1.165) is 31.5 Å². The molecule has 0 aliphatic carbocycles. The summed E-state index contributed by atoms with van der Waals surface area (Å²) in [6.45, 7) is 9.20. The maximum Gasteiger partial charge on any atom is 0.237 e. The van der Waals surface area contributed by atoms with Crippen LogP contribution in [0.1, 0.15) is 45.3 Å². The van der Waals surface area contributed by atoms with Gasteiger partial charge in [0.15, 0.2) is 0 Å². The van der Waals surface area contributed by atoms with Crippen LogP contribution in [0.5, 0.6) is 0 Å². The van der Waals surface area contributed by atoms with Crippen LogP contribution in [0.2, 0.25) is 0 Å². The molecule has 1 saturated heterocycles. The van der Waals surface area contributed by atoms with Crippen molar-refractivity contribution >= 4 is 5.91 Å². The molecule has 1 heterocycles. The number of hydrogen-bond acceptors (Lipinski definition) is 4. The van der Waals surface area contributed by atoms with E-state index in [1.54, 1.807) is 0 Å². The first-order chi connectivity index (χ1) is 11.8. The number of aliphatic hydroxyl groups is 1. The van der Waals surface area contributed by atoms with Crippen LogP contribution in [-0.4, -0.2) is 48.1 Å². The van der Waals surface area contributed by atoms with Gasteiger partial charge in [0.25, 0.3) is 0 Å². The predicted octanol–water partition coefficient (Wildman–Crippen LogP) is 1.92. The standard InChI is InChI=1S/C20H33N3O2/c1-20(2,3)18(21)19(25)22-13-15-9-11-23(12-10-15)14-17(24)16-7-5-4-6-8-16/h4-8,15,17-18,24H,9-14,21H2,1-3H3,(H,22,25)/t17?,18-/m1/s1. The second kappa shape index (κ2) is 8.79. The lowest BCUT2D eigenvalue weighted by molar-refractivity contribution is -0.124. The molecule has 1 unspecified atom stereocenters. The molecule has 0 spiro atoms. The number of nitrogens with zero attached hydrogens (tertiary/aromatic N) is 1. The Balaban J connectivity index is 1.70. The van der Waals surface area contributed by atoms with E-state index in [1.807, 2.05) is 51.1 Å². The number of benzene rings is 1. The van der Waals surface area contributed by atoms with Crippen molar-refractivity contribution < 1.29 is 9.90 Å². The van der Waals surface area contributed by atoms with Gasteiger partial charge in [-0.15, -0.1) is 0 Å². The molecule has 0 saturated carbocycles. The lowest BCUT2D eigenvalue weighted by atomic mass is 9.86. The van der Waals surface area contributed by atoms with Crippen molar-refractivity contribution in [3.63, 3.8) is 0 Å². The topological polar surface area (TPSA) is 78.6 Å². The van der Waals surface area contributed by atoms with Gasteiger partial charge in [-0.1, -0.05) is 51.1 Å². The Hall–Kier alpha value is -1.43. The molecule has 0 aromatic heterocycles. The third kappa shape index (κ3) is 6.10. The van der Waals surface area contributed by atoms with E-state index in [4.69, 9.17) is 5.73 Å². The van der Waals surface area contributed by atoms with Crippen molar-refractivity contribution in [3.8, 4) is 0 Å². The summed E-state index contributed by atoms with van der Waals surface area (Å²) in [5.74, 6) is 0.427. The molecular formula is C20H33N3O2. The molecule has 2 atom stereocenters. The first-order valence-electron chi connectivity index (χ1n) is 9.26. The Morgan fingerprint density at radius 3 is 2.44 bits per heavy atom. The van der Waals surface area contributed by atoms with Gasteiger partial charge in [0.05, 0.1) is 12.1 Å². The average Bonchev–Trinajstić information content (AvgIpc) is 2.60. The normalized spacial score (nSPS) is 19.4. The van der Waals surface area contributed by atoms with E-state index in [-0.39, 0.29) is 11.3 Å². The van der Waals surface area contributed by atoms with Crippen molar-refractivity contribution in [1.82, 2.24) is 10.2 Å². The molecule has 4 N–H and O–H groups in total. The second-order valence-corrected chi connectivity index (χ2v) is 8.26. The highest BCUT2D eigenvalue weighted by atomic mass is 16.3. The fourth-order valence-electron chi connectivity index (χ4n) is 3.15. The SMILES string of the molecule is CC(C)(C)[C@H](N)C(=O)NCC1CCN(CC(O)c2ccccc2)CC1.